The monoisotopic (exact) mass is 340 g/mol. The van der Waals surface area contributed by atoms with Crippen LogP contribution in [0.4, 0.5) is 27.5 Å². The Morgan fingerprint density at radius 2 is 2.04 bits per heavy atom. The van der Waals surface area contributed by atoms with E-state index >= 15 is 0 Å². The topological polar surface area (TPSA) is 106 Å². The molecule has 0 bridgehead atoms. The van der Waals surface area contributed by atoms with Gasteiger partial charge in [-0.15, -0.1) is 0 Å². The molecule has 2 N–H and O–H groups in total. The van der Waals surface area contributed by atoms with Gasteiger partial charge in [0, 0.05) is 42.8 Å². The summed E-state index contributed by atoms with van der Waals surface area (Å²) in [7, 11) is 1.68. The van der Waals surface area contributed by atoms with E-state index < -0.39 is 16.4 Å². The molecule has 0 spiro atoms. The van der Waals surface area contributed by atoms with Crippen LogP contribution in [-0.4, -0.2) is 26.9 Å². The summed E-state index contributed by atoms with van der Waals surface area (Å²) in [6.45, 7) is 0. The number of nitro benzene ring substituents is 1. The summed E-state index contributed by atoms with van der Waals surface area (Å²) >= 11 is 0. The lowest BCUT2D eigenvalue weighted by atomic mass is 10.2. The number of aromatic nitrogens is 3. The van der Waals surface area contributed by atoms with Crippen molar-refractivity contribution in [2.45, 2.75) is 0 Å². The average molecular weight is 340 g/mol. The molecule has 0 amide bonds. The first-order valence-corrected chi connectivity index (χ1v) is 7.25. The summed E-state index contributed by atoms with van der Waals surface area (Å²) in [6, 6.07) is 8.84. The highest BCUT2D eigenvalue weighted by Crippen LogP contribution is 2.26. The third-order valence-electron chi connectivity index (χ3n) is 3.32. The SMILES string of the molecule is CNc1nc(Nc2ccc(F)c([N+](=O)[O-])c2)cc(-c2cccnc2)n1. The van der Waals surface area contributed by atoms with E-state index in [0.717, 1.165) is 17.7 Å². The van der Waals surface area contributed by atoms with Gasteiger partial charge >= 0.3 is 5.69 Å². The van der Waals surface area contributed by atoms with Crippen LogP contribution in [-0.2, 0) is 0 Å². The molecule has 0 saturated carbocycles. The maximum Gasteiger partial charge on any atom is 0.306 e. The van der Waals surface area contributed by atoms with Gasteiger partial charge in [0.15, 0.2) is 0 Å². The Hall–Kier alpha value is -3.62. The molecule has 0 aliphatic rings. The van der Waals surface area contributed by atoms with Crippen molar-refractivity contribution in [2.75, 3.05) is 17.7 Å². The van der Waals surface area contributed by atoms with Crippen LogP contribution in [0.25, 0.3) is 11.3 Å². The summed E-state index contributed by atoms with van der Waals surface area (Å²) < 4.78 is 13.5. The number of hydrogen-bond donors (Lipinski definition) is 2. The van der Waals surface area contributed by atoms with Gasteiger partial charge in [0.1, 0.15) is 5.82 Å². The maximum absolute atomic E-state index is 13.5. The number of nitro groups is 1. The van der Waals surface area contributed by atoms with Crippen LogP contribution < -0.4 is 10.6 Å². The van der Waals surface area contributed by atoms with E-state index in [9.17, 15) is 14.5 Å². The molecule has 2 heterocycles. The summed E-state index contributed by atoms with van der Waals surface area (Å²) in [5.41, 5.74) is 1.13. The van der Waals surface area contributed by atoms with Gasteiger partial charge in [-0.25, -0.2) is 4.98 Å². The first kappa shape index (κ1) is 16.2. The third-order valence-corrected chi connectivity index (χ3v) is 3.32. The van der Waals surface area contributed by atoms with Crippen molar-refractivity contribution in [3.05, 3.63) is 64.7 Å². The van der Waals surface area contributed by atoms with Gasteiger partial charge in [-0.1, -0.05) is 0 Å². The van der Waals surface area contributed by atoms with Crippen LogP contribution in [0.2, 0.25) is 0 Å². The number of halogens is 1. The highest BCUT2D eigenvalue weighted by atomic mass is 19.1. The molecule has 0 saturated heterocycles. The summed E-state index contributed by atoms with van der Waals surface area (Å²) in [5.74, 6) is -0.134. The van der Waals surface area contributed by atoms with Crippen LogP contribution in [0.3, 0.4) is 0 Å². The fraction of sp³-hybridized carbons (Fsp3) is 0.0625. The molecule has 0 atom stereocenters. The van der Waals surface area contributed by atoms with Gasteiger partial charge in [-0.2, -0.15) is 9.37 Å². The van der Waals surface area contributed by atoms with Crippen LogP contribution in [0.5, 0.6) is 0 Å². The molecule has 1 aromatic carbocycles. The Morgan fingerprint density at radius 3 is 2.72 bits per heavy atom. The van der Waals surface area contributed by atoms with Crippen molar-refractivity contribution >= 4 is 23.1 Å². The second-order valence-corrected chi connectivity index (χ2v) is 5.00. The van der Waals surface area contributed by atoms with E-state index in [1.165, 1.54) is 6.07 Å². The number of anilines is 3. The number of benzene rings is 1. The number of rotatable bonds is 5. The van der Waals surface area contributed by atoms with Crippen molar-refractivity contribution in [1.29, 1.82) is 0 Å². The normalized spacial score (nSPS) is 10.3. The van der Waals surface area contributed by atoms with E-state index in [0.29, 0.717) is 23.1 Å². The minimum Gasteiger partial charge on any atom is -0.357 e. The minimum atomic E-state index is -0.898. The van der Waals surface area contributed by atoms with E-state index in [-0.39, 0.29) is 0 Å². The van der Waals surface area contributed by atoms with Gasteiger partial charge in [0.25, 0.3) is 0 Å². The summed E-state index contributed by atoms with van der Waals surface area (Å²) in [5, 5.41) is 16.6. The zero-order valence-corrected chi connectivity index (χ0v) is 13.1. The molecule has 0 aliphatic carbocycles. The van der Waals surface area contributed by atoms with Crippen molar-refractivity contribution in [1.82, 2.24) is 15.0 Å². The Labute approximate surface area is 141 Å². The predicted octanol–water partition coefficient (Wildman–Crippen LogP) is 3.37. The molecule has 0 unspecified atom stereocenters. The Balaban J connectivity index is 1.98. The largest absolute Gasteiger partial charge is 0.357 e. The molecule has 3 rings (SSSR count). The molecule has 2 aromatic heterocycles. The lowest BCUT2D eigenvalue weighted by Gasteiger charge is -2.10. The first-order valence-electron chi connectivity index (χ1n) is 7.25. The maximum atomic E-state index is 13.5. The van der Waals surface area contributed by atoms with Gasteiger partial charge in [0.05, 0.1) is 10.6 Å². The molecular weight excluding hydrogens is 327 g/mol. The summed E-state index contributed by atoms with van der Waals surface area (Å²) in [6.07, 6.45) is 3.31. The van der Waals surface area contributed by atoms with Crippen LogP contribution in [0, 0.1) is 15.9 Å². The van der Waals surface area contributed by atoms with Crippen molar-refractivity contribution < 1.29 is 9.31 Å². The zero-order valence-electron chi connectivity index (χ0n) is 13.1. The van der Waals surface area contributed by atoms with E-state index in [1.54, 1.807) is 31.6 Å². The smallest absolute Gasteiger partial charge is 0.306 e. The second-order valence-electron chi connectivity index (χ2n) is 5.00. The van der Waals surface area contributed by atoms with Crippen LogP contribution in [0.1, 0.15) is 0 Å². The van der Waals surface area contributed by atoms with Crippen LogP contribution in [0.15, 0.2) is 48.8 Å². The number of hydrogen-bond acceptors (Lipinski definition) is 7. The molecule has 0 fully saturated rings. The Bertz CT molecular complexity index is 920. The van der Waals surface area contributed by atoms with Crippen molar-refractivity contribution in [3.63, 3.8) is 0 Å². The van der Waals surface area contributed by atoms with Crippen molar-refractivity contribution in [3.8, 4) is 11.3 Å². The van der Waals surface area contributed by atoms with Gasteiger partial charge < -0.3 is 10.6 Å². The molecule has 3 aromatic rings. The number of nitrogens with one attached hydrogen (secondary N) is 2. The minimum absolute atomic E-state index is 0.339. The molecule has 0 aliphatic heterocycles. The summed E-state index contributed by atoms with van der Waals surface area (Å²) in [4.78, 5) is 22.7. The highest BCUT2D eigenvalue weighted by Gasteiger charge is 2.15. The standard InChI is InChI=1S/C16H13FN6O2/c1-18-16-21-13(10-3-2-6-19-9-10)8-15(22-16)20-11-4-5-12(17)14(7-11)23(24)25/h2-9H,1H3,(H2,18,20,21,22). The van der Waals surface area contributed by atoms with Gasteiger partial charge in [0.2, 0.25) is 11.8 Å². The van der Waals surface area contributed by atoms with E-state index in [2.05, 4.69) is 25.6 Å². The number of pyridine rings is 1. The fourth-order valence-corrected chi connectivity index (χ4v) is 2.16. The molecule has 0 radical (unpaired) electrons. The lowest BCUT2D eigenvalue weighted by molar-refractivity contribution is -0.387. The van der Waals surface area contributed by atoms with E-state index in [4.69, 9.17) is 0 Å². The highest BCUT2D eigenvalue weighted by molar-refractivity contribution is 5.67. The molecule has 126 valence electrons. The second kappa shape index (κ2) is 6.87. The first-order chi connectivity index (χ1) is 12.1. The molecular formula is C16H13FN6O2. The average Bonchev–Trinajstić information content (AvgIpc) is 2.63. The Morgan fingerprint density at radius 1 is 1.20 bits per heavy atom. The lowest BCUT2D eigenvalue weighted by Crippen LogP contribution is -2.03. The fourth-order valence-electron chi connectivity index (χ4n) is 2.16. The number of nitrogens with zero attached hydrogens (tertiary/aromatic N) is 4. The molecule has 9 heteroatoms. The Kier molecular flexibility index (Phi) is 4.46. The van der Waals surface area contributed by atoms with Crippen molar-refractivity contribution in [2.24, 2.45) is 0 Å². The molecule has 25 heavy (non-hydrogen) atoms. The third kappa shape index (κ3) is 3.66. The predicted molar refractivity (Wildman–Crippen MR) is 91.1 cm³/mol. The van der Waals surface area contributed by atoms with Gasteiger partial charge in [-0.3, -0.25) is 15.1 Å². The molecule has 8 nitrogen and oxygen atoms in total. The van der Waals surface area contributed by atoms with E-state index in [1.807, 2.05) is 6.07 Å². The van der Waals surface area contributed by atoms with Crippen LogP contribution >= 0.6 is 0 Å². The zero-order chi connectivity index (χ0) is 17.8. The van der Waals surface area contributed by atoms with Gasteiger partial charge in [-0.05, 0) is 24.3 Å². The quantitative estimate of drug-likeness (QED) is 0.542.